The Balaban J connectivity index is 2.07. The van der Waals surface area contributed by atoms with Gasteiger partial charge in [-0.15, -0.1) is 0 Å². The average molecular weight is 289 g/mol. The van der Waals surface area contributed by atoms with Gasteiger partial charge in [0.25, 0.3) is 0 Å². The molecule has 2 heterocycles. The molecule has 2 N–H and O–H groups in total. The van der Waals surface area contributed by atoms with Crippen molar-refractivity contribution in [2.24, 2.45) is 5.73 Å². The second-order valence-electron chi connectivity index (χ2n) is 4.51. The van der Waals surface area contributed by atoms with E-state index in [2.05, 4.69) is 4.98 Å². The normalized spacial score (nSPS) is 11.0. The molecule has 0 unspecified atom stereocenters. The van der Waals surface area contributed by atoms with Gasteiger partial charge in [0.15, 0.2) is 11.6 Å². The third-order valence-corrected chi connectivity index (χ3v) is 3.07. The monoisotopic (exact) mass is 289 g/mol. The molecule has 2 aromatic heterocycles. The van der Waals surface area contributed by atoms with Gasteiger partial charge in [0.05, 0.1) is 5.69 Å². The molecule has 6 heteroatoms. The van der Waals surface area contributed by atoms with E-state index in [4.69, 9.17) is 10.5 Å². The molecule has 4 nitrogen and oxygen atoms in total. The second-order valence-corrected chi connectivity index (χ2v) is 4.51. The van der Waals surface area contributed by atoms with Crippen molar-refractivity contribution in [2.75, 3.05) is 6.54 Å². The number of imidazole rings is 1. The van der Waals surface area contributed by atoms with Crippen LogP contribution >= 0.6 is 0 Å². The van der Waals surface area contributed by atoms with Gasteiger partial charge < -0.3 is 14.9 Å². The van der Waals surface area contributed by atoms with Crippen molar-refractivity contribution in [3.8, 4) is 11.6 Å². The van der Waals surface area contributed by atoms with Crippen LogP contribution in [0.15, 0.2) is 42.6 Å². The molecular formula is C15H13F2N3O. The van der Waals surface area contributed by atoms with Gasteiger partial charge in [-0.05, 0) is 30.8 Å². The molecule has 0 atom stereocenters. The highest BCUT2D eigenvalue weighted by molar-refractivity contribution is 5.47. The van der Waals surface area contributed by atoms with E-state index in [1.807, 2.05) is 22.7 Å². The van der Waals surface area contributed by atoms with Crippen molar-refractivity contribution in [3.05, 3.63) is 59.9 Å². The number of fused-ring (bicyclic) bond motifs is 1. The quantitative estimate of drug-likeness (QED) is 0.803. The van der Waals surface area contributed by atoms with Gasteiger partial charge in [0.1, 0.15) is 11.5 Å². The van der Waals surface area contributed by atoms with Gasteiger partial charge in [-0.25, -0.2) is 8.78 Å². The minimum atomic E-state index is -0.646. The Morgan fingerprint density at radius 3 is 2.86 bits per heavy atom. The number of aromatic nitrogens is 2. The van der Waals surface area contributed by atoms with E-state index in [1.54, 1.807) is 6.07 Å². The Morgan fingerprint density at radius 2 is 2.05 bits per heavy atom. The zero-order valence-electron chi connectivity index (χ0n) is 11.1. The van der Waals surface area contributed by atoms with E-state index >= 15 is 0 Å². The number of rotatable bonds is 4. The van der Waals surface area contributed by atoms with Gasteiger partial charge in [-0.2, -0.15) is 4.98 Å². The zero-order chi connectivity index (χ0) is 14.8. The van der Waals surface area contributed by atoms with Gasteiger partial charge >= 0.3 is 0 Å². The van der Waals surface area contributed by atoms with Crippen molar-refractivity contribution in [3.63, 3.8) is 0 Å². The molecule has 0 amide bonds. The number of halogens is 2. The smallest absolute Gasteiger partial charge is 0.241 e. The molecule has 108 valence electrons. The second kappa shape index (κ2) is 5.49. The number of hydrogen-bond donors (Lipinski definition) is 1. The molecule has 21 heavy (non-hydrogen) atoms. The maximum atomic E-state index is 13.7. The molecule has 0 spiro atoms. The maximum absolute atomic E-state index is 13.7. The molecule has 0 aliphatic rings. The first-order valence-electron chi connectivity index (χ1n) is 6.48. The average Bonchev–Trinajstić information content (AvgIpc) is 2.81. The summed E-state index contributed by atoms with van der Waals surface area (Å²) in [5, 5.41) is 0. The molecule has 0 saturated heterocycles. The Labute approximate surface area is 119 Å². The SMILES string of the molecule is NCCc1c(Oc2cc(F)ccc2F)nc2ccccn12. The highest BCUT2D eigenvalue weighted by Crippen LogP contribution is 2.28. The standard InChI is InChI=1S/C15H13F2N3O/c16-10-4-5-11(17)13(9-10)21-15-12(6-7-18)20-8-2-1-3-14(20)19-15/h1-5,8-9H,6-7,18H2. The van der Waals surface area contributed by atoms with Crippen molar-refractivity contribution < 1.29 is 13.5 Å². The van der Waals surface area contributed by atoms with E-state index in [0.717, 1.165) is 23.9 Å². The molecule has 0 bridgehead atoms. The summed E-state index contributed by atoms with van der Waals surface area (Å²) in [5.74, 6) is -1.18. The van der Waals surface area contributed by atoms with Gasteiger partial charge in [0, 0.05) is 18.7 Å². The van der Waals surface area contributed by atoms with Crippen molar-refractivity contribution >= 4 is 5.65 Å². The molecule has 0 saturated carbocycles. The van der Waals surface area contributed by atoms with Crippen LogP contribution in [0.3, 0.4) is 0 Å². The van der Waals surface area contributed by atoms with E-state index in [0.29, 0.717) is 18.6 Å². The molecule has 3 rings (SSSR count). The zero-order valence-corrected chi connectivity index (χ0v) is 11.1. The predicted octanol–water partition coefficient (Wildman–Crippen LogP) is 2.91. The van der Waals surface area contributed by atoms with Crippen LogP contribution in [-0.4, -0.2) is 15.9 Å². The predicted molar refractivity (Wildman–Crippen MR) is 74.4 cm³/mol. The van der Waals surface area contributed by atoms with Crippen LogP contribution in [0.25, 0.3) is 5.65 Å². The summed E-state index contributed by atoms with van der Waals surface area (Å²) in [5.41, 5.74) is 6.98. The molecule has 0 aliphatic heterocycles. The lowest BCUT2D eigenvalue weighted by molar-refractivity contribution is 0.420. The largest absolute Gasteiger partial charge is 0.434 e. The molecule has 1 aromatic carbocycles. The number of benzene rings is 1. The van der Waals surface area contributed by atoms with Crippen molar-refractivity contribution in [2.45, 2.75) is 6.42 Å². The van der Waals surface area contributed by atoms with E-state index < -0.39 is 11.6 Å². The first-order valence-corrected chi connectivity index (χ1v) is 6.48. The summed E-state index contributed by atoms with van der Waals surface area (Å²) in [4.78, 5) is 4.29. The highest BCUT2D eigenvalue weighted by Gasteiger charge is 2.15. The van der Waals surface area contributed by atoms with E-state index in [9.17, 15) is 8.78 Å². The number of pyridine rings is 1. The molecule has 0 radical (unpaired) electrons. The first-order chi connectivity index (χ1) is 10.2. The number of ether oxygens (including phenoxy) is 1. The Bertz CT molecular complexity index is 786. The topological polar surface area (TPSA) is 52.5 Å². The fraction of sp³-hybridized carbons (Fsp3) is 0.133. The van der Waals surface area contributed by atoms with E-state index in [1.165, 1.54) is 0 Å². The number of hydrogen-bond acceptors (Lipinski definition) is 3. The summed E-state index contributed by atoms with van der Waals surface area (Å²) < 4.78 is 34.2. The van der Waals surface area contributed by atoms with Crippen LogP contribution in [0.1, 0.15) is 5.69 Å². The Kier molecular flexibility index (Phi) is 3.53. The summed E-state index contributed by atoms with van der Waals surface area (Å²) in [6.45, 7) is 0.394. The molecule has 0 fully saturated rings. The van der Waals surface area contributed by atoms with Crippen molar-refractivity contribution in [1.29, 1.82) is 0 Å². The van der Waals surface area contributed by atoms with Gasteiger partial charge in [0.2, 0.25) is 5.88 Å². The minimum absolute atomic E-state index is 0.198. The summed E-state index contributed by atoms with van der Waals surface area (Å²) in [6, 6.07) is 8.53. The number of nitrogens with two attached hydrogens (primary N) is 1. The lowest BCUT2D eigenvalue weighted by Crippen LogP contribution is -2.06. The maximum Gasteiger partial charge on any atom is 0.241 e. The van der Waals surface area contributed by atoms with Crippen molar-refractivity contribution in [1.82, 2.24) is 9.38 Å². The van der Waals surface area contributed by atoms with Gasteiger partial charge in [-0.3, -0.25) is 0 Å². The third-order valence-electron chi connectivity index (χ3n) is 3.07. The first kappa shape index (κ1) is 13.5. The minimum Gasteiger partial charge on any atom is -0.434 e. The van der Waals surface area contributed by atoms with Crippen LogP contribution in [0, 0.1) is 11.6 Å². The lowest BCUT2D eigenvalue weighted by atomic mass is 10.3. The lowest BCUT2D eigenvalue weighted by Gasteiger charge is -2.06. The summed E-state index contributed by atoms with van der Waals surface area (Å²) in [7, 11) is 0. The van der Waals surface area contributed by atoms with Crippen LogP contribution in [0.4, 0.5) is 8.78 Å². The summed E-state index contributed by atoms with van der Waals surface area (Å²) in [6.07, 6.45) is 2.33. The van der Waals surface area contributed by atoms with Crippen LogP contribution in [0.5, 0.6) is 11.6 Å². The molecule has 3 aromatic rings. The Morgan fingerprint density at radius 1 is 1.19 bits per heavy atom. The molecule has 0 aliphatic carbocycles. The van der Waals surface area contributed by atoms with Crippen LogP contribution in [0.2, 0.25) is 0 Å². The summed E-state index contributed by atoms with van der Waals surface area (Å²) >= 11 is 0. The van der Waals surface area contributed by atoms with Crippen LogP contribution in [-0.2, 0) is 6.42 Å². The molecular weight excluding hydrogens is 276 g/mol. The van der Waals surface area contributed by atoms with E-state index in [-0.39, 0.29) is 11.6 Å². The highest BCUT2D eigenvalue weighted by atomic mass is 19.1. The fourth-order valence-corrected chi connectivity index (χ4v) is 2.13. The number of nitrogens with zero attached hydrogens (tertiary/aromatic N) is 2. The van der Waals surface area contributed by atoms with Gasteiger partial charge in [-0.1, -0.05) is 6.07 Å². The fourth-order valence-electron chi connectivity index (χ4n) is 2.13. The van der Waals surface area contributed by atoms with Crippen LogP contribution < -0.4 is 10.5 Å². The Hall–Kier alpha value is -2.47. The third kappa shape index (κ3) is 2.57.